The van der Waals surface area contributed by atoms with Gasteiger partial charge in [-0.1, -0.05) is 0 Å². The van der Waals surface area contributed by atoms with Crippen molar-refractivity contribution in [3.63, 3.8) is 0 Å². The zero-order chi connectivity index (χ0) is 17.3. The molecule has 0 radical (unpaired) electrons. The number of aromatic nitrogens is 3. The molecular weight excluding hydrogens is 345 g/mol. The van der Waals surface area contributed by atoms with Crippen LogP contribution >= 0.6 is 11.6 Å². The molecule has 5 nitrogen and oxygen atoms in total. The van der Waals surface area contributed by atoms with Crippen molar-refractivity contribution in [1.29, 1.82) is 0 Å². The van der Waals surface area contributed by atoms with E-state index in [4.69, 9.17) is 11.6 Å². The van der Waals surface area contributed by atoms with E-state index in [-0.39, 0.29) is 24.0 Å². The molecule has 0 fully saturated rings. The summed E-state index contributed by atoms with van der Waals surface area (Å²) in [6, 6.07) is 0.884. The van der Waals surface area contributed by atoms with Gasteiger partial charge in [0.1, 0.15) is 35.5 Å². The number of hydrogen-bond donors (Lipinski definition) is 0. The highest BCUT2D eigenvalue weighted by Gasteiger charge is 2.30. The molecule has 9 heteroatoms. The molecule has 1 amide bonds. The normalized spacial score (nSPS) is 16.8. The van der Waals surface area contributed by atoms with Crippen LogP contribution in [0, 0.1) is 17.5 Å². The molecule has 2 aromatic rings. The summed E-state index contributed by atoms with van der Waals surface area (Å²) in [5.74, 6) is -3.13. The predicted molar refractivity (Wildman–Crippen MR) is 79.7 cm³/mol. The summed E-state index contributed by atoms with van der Waals surface area (Å²) < 4.78 is 42.6. The highest BCUT2D eigenvalue weighted by Crippen LogP contribution is 2.23. The van der Waals surface area contributed by atoms with Gasteiger partial charge in [-0.15, -0.1) is 11.6 Å². The first-order valence-electron chi connectivity index (χ1n) is 7.35. The van der Waals surface area contributed by atoms with Crippen LogP contribution in [0.15, 0.2) is 18.5 Å². The molecule has 24 heavy (non-hydrogen) atoms. The van der Waals surface area contributed by atoms with Gasteiger partial charge in [0, 0.05) is 36.7 Å². The van der Waals surface area contributed by atoms with Gasteiger partial charge in [-0.05, 0) is 6.42 Å². The summed E-state index contributed by atoms with van der Waals surface area (Å²) in [6.07, 6.45) is 2.39. The molecule has 1 aromatic heterocycles. The second-order valence-corrected chi connectivity index (χ2v) is 5.82. The Labute approximate surface area is 141 Å². The van der Waals surface area contributed by atoms with Gasteiger partial charge in [0.2, 0.25) is 5.91 Å². The topological polar surface area (TPSA) is 51.0 Å². The average Bonchev–Trinajstić information content (AvgIpc) is 3.01. The van der Waals surface area contributed by atoms with Crippen molar-refractivity contribution in [2.24, 2.45) is 0 Å². The Hall–Kier alpha value is -2.09. The van der Waals surface area contributed by atoms with Crippen LogP contribution in [0.3, 0.4) is 0 Å². The van der Waals surface area contributed by atoms with E-state index in [1.54, 1.807) is 4.68 Å². The minimum Gasteiger partial charge on any atom is -0.334 e. The number of aryl methyl sites for hydroxylation is 1. The van der Waals surface area contributed by atoms with Crippen LogP contribution in [0.2, 0.25) is 0 Å². The maximum absolute atomic E-state index is 13.9. The van der Waals surface area contributed by atoms with E-state index < -0.39 is 23.4 Å². The van der Waals surface area contributed by atoms with E-state index in [0.29, 0.717) is 37.3 Å². The molecule has 0 spiro atoms. The van der Waals surface area contributed by atoms with Crippen molar-refractivity contribution in [2.75, 3.05) is 5.88 Å². The van der Waals surface area contributed by atoms with E-state index in [1.807, 2.05) is 0 Å². The third-order valence-electron chi connectivity index (χ3n) is 4.10. The van der Waals surface area contributed by atoms with Gasteiger partial charge in [0.25, 0.3) is 0 Å². The van der Waals surface area contributed by atoms with Gasteiger partial charge < -0.3 is 4.90 Å². The van der Waals surface area contributed by atoms with Gasteiger partial charge in [-0.3, -0.25) is 4.79 Å². The lowest BCUT2D eigenvalue weighted by molar-refractivity contribution is -0.132. The van der Waals surface area contributed by atoms with Crippen LogP contribution in [0.4, 0.5) is 13.2 Å². The van der Waals surface area contributed by atoms with Crippen LogP contribution in [-0.4, -0.2) is 37.5 Å². The Morgan fingerprint density at radius 1 is 1.33 bits per heavy atom. The third-order valence-corrected chi connectivity index (χ3v) is 4.33. The first kappa shape index (κ1) is 16.8. The van der Waals surface area contributed by atoms with E-state index in [9.17, 15) is 18.0 Å². The molecule has 1 aliphatic heterocycles. The summed E-state index contributed by atoms with van der Waals surface area (Å²) in [5.41, 5.74) is -0.359. The molecule has 0 aliphatic carbocycles. The Morgan fingerprint density at radius 2 is 2.04 bits per heavy atom. The molecule has 1 atom stereocenters. The molecule has 1 unspecified atom stereocenters. The summed E-state index contributed by atoms with van der Waals surface area (Å²) in [7, 11) is 0. The molecule has 0 saturated carbocycles. The predicted octanol–water partition coefficient (Wildman–Crippen LogP) is 2.28. The molecule has 0 saturated heterocycles. The number of benzene rings is 1. The summed E-state index contributed by atoms with van der Waals surface area (Å²) >= 11 is 5.64. The SMILES string of the molecule is O=C(CCl)N(Cc1c(F)cc(F)cc1F)C1CCn2ncnc2C1. The summed E-state index contributed by atoms with van der Waals surface area (Å²) in [4.78, 5) is 17.6. The van der Waals surface area contributed by atoms with Crippen LogP contribution in [0.25, 0.3) is 0 Å². The zero-order valence-corrected chi connectivity index (χ0v) is 13.3. The number of halogens is 4. The molecule has 3 rings (SSSR count). The van der Waals surface area contributed by atoms with Gasteiger partial charge in [0.15, 0.2) is 0 Å². The first-order chi connectivity index (χ1) is 11.5. The number of amides is 1. The number of carbonyl (C=O) groups excluding carboxylic acids is 1. The fourth-order valence-corrected chi connectivity index (χ4v) is 3.03. The van der Waals surface area contributed by atoms with Gasteiger partial charge >= 0.3 is 0 Å². The molecular formula is C15H14ClF3N4O. The second kappa shape index (κ2) is 6.80. The highest BCUT2D eigenvalue weighted by atomic mass is 35.5. The maximum Gasteiger partial charge on any atom is 0.238 e. The van der Waals surface area contributed by atoms with Crippen LogP contribution in [0.5, 0.6) is 0 Å². The summed E-state index contributed by atoms with van der Waals surface area (Å²) in [5, 5.41) is 4.05. The quantitative estimate of drug-likeness (QED) is 0.788. The lowest BCUT2D eigenvalue weighted by Crippen LogP contribution is -2.45. The fourth-order valence-electron chi connectivity index (χ4n) is 2.87. The van der Waals surface area contributed by atoms with Crippen molar-refractivity contribution in [2.45, 2.75) is 32.0 Å². The summed E-state index contributed by atoms with van der Waals surface area (Å²) in [6.45, 7) is 0.225. The minimum absolute atomic E-state index is 0.309. The number of nitrogens with zero attached hydrogens (tertiary/aromatic N) is 4. The number of rotatable bonds is 4. The lowest BCUT2D eigenvalue weighted by atomic mass is 10.0. The Balaban J connectivity index is 1.87. The first-order valence-corrected chi connectivity index (χ1v) is 7.88. The zero-order valence-electron chi connectivity index (χ0n) is 12.6. The van der Waals surface area contributed by atoms with Gasteiger partial charge in [0.05, 0.1) is 6.54 Å². The van der Waals surface area contributed by atoms with Gasteiger partial charge in [-0.2, -0.15) is 5.10 Å². The van der Waals surface area contributed by atoms with Crippen molar-refractivity contribution in [3.8, 4) is 0 Å². The van der Waals surface area contributed by atoms with Crippen LogP contribution < -0.4 is 0 Å². The van der Waals surface area contributed by atoms with Crippen molar-refractivity contribution >= 4 is 17.5 Å². The molecule has 0 N–H and O–H groups in total. The van der Waals surface area contributed by atoms with E-state index in [0.717, 1.165) is 0 Å². The lowest BCUT2D eigenvalue weighted by Gasteiger charge is -2.34. The number of fused-ring (bicyclic) bond motifs is 1. The number of hydrogen-bond acceptors (Lipinski definition) is 3. The number of carbonyl (C=O) groups is 1. The molecule has 1 aromatic carbocycles. The van der Waals surface area contributed by atoms with Crippen LogP contribution in [0.1, 0.15) is 17.8 Å². The third kappa shape index (κ3) is 3.24. The maximum atomic E-state index is 13.9. The van der Waals surface area contributed by atoms with E-state index in [1.165, 1.54) is 11.2 Å². The monoisotopic (exact) mass is 358 g/mol. The Bertz CT molecular complexity index is 744. The van der Waals surface area contributed by atoms with E-state index >= 15 is 0 Å². The molecule has 2 heterocycles. The van der Waals surface area contributed by atoms with Crippen molar-refractivity contribution < 1.29 is 18.0 Å². The van der Waals surface area contributed by atoms with Crippen LogP contribution in [-0.2, 0) is 24.3 Å². The van der Waals surface area contributed by atoms with E-state index in [2.05, 4.69) is 10.1 Å². The Morgan fingerprint density at radius 3 is 2.71 bits per heavy atom. The number of alkyl halides is 1. The standard InChI is InChI=1S/C15H14ClF3N4O/c16-6-15(24)22(7-11-12(18)3-9(17)4-13(11)19)10-1-2-23-14(5-10)20-8-21-23/h3-4,8,10H,1-2,5-7H2. The van der Waals surface area contributed by atoms with Crippen molar-refractivity contribution in [1.82, 2.24) is 19.7 Å². The largest absolute Gasteiger partial charge is 0.334 e. The second-order valence-electron chi connectivity index (χ2n) is 5.55. The molecule has 1 aliphatic rings. The molecule has 128 valence electrons. The van der Waals surface area contributed by atoms with Gasteiger partial charge in [-0.25, -0.2) is 22.8 Å². The molecule has 0 bridgehead atoms. The smallest absolute Gasteiger partial charge is 0.238 e. The van der Waals surface area contributed by atoms with Crippen molar-refractivity contribution in [3.05, 3.63) is 47.3 Å². The highest BCUT2D eigenvalue weighted by molar-refractivity contribution is 6.27. The Kier molecular flexibility index (Phi) is 4.75. The fraction of sp³-hybridized carbons (Fsp3) is 0.400. The average molecular weight is 359 g/mol. The minimum atomic E-state index is -1.03.